The van der Waals surface area contributed by atoms with E-state index in [0.29, 0.717) is 30.4 Å². The lowest BCUT2D eigenvalue weighted by Crippen LogP contribution is -2.24. The van der Waals surface area contributed by atoms with Gasteiger partial charge in [-0.2, -0.15) is 0 Å². The number of benzene rings is 1. The molecule has 1 aliphatic rings. The molecular formula is C12H16N2O4. The molecule has 0 spiro atoms. The monoisotopic (exact) mass is 252 g/mol. The summed E-state index contributed by atoms with van der Waals surface area (Å²) in [5.41, 5.74) is 5.43. The van der Waals surface area contributed by atoms with Crippen LogP contribution in [0.2, 0.25) is 0 Å². The standard InChI is InChI=1S/C12H16N2O4/c1-15-9-4-3-5-10(16-2)11(9)17-7-8-6-14-12(13)18-8/h3-5,8H,6-7H2,1-2H3,(H2,13,14). The first-order valence-corrected chi connectivity index (χ1v) is 5.55. The van der Waals surface area contributed by atoms with Crippen LogP contribution >= 0.6 is 0 Å². The molecule has 0 saturated heterocycles. The Kier molecular flexibility index (Phi) is 3.76. The third-order valence-corrected chi connectivity index (χ3v) is 2.53. The van der Waals surface area contributed by atoms with Gasteiger partial charge in [0.25, 0.3) is 6.02 Å². The number of para-hydroxylation sites is 1. The van der Waals surface area contributed by atoms with Gasteiger partial charge < -0.3 is 24.7 Å². The van der Waals surface area contributed by atoms with Crippen molar-refractivity contribution in [1.29, 1.82) is 0 Å². The maximum atomic E-state index is 5.68. The number of aliphatic imine (C=N–C) groups is 1. The van der Waals surface area contributed by atoms with E-state index in [1.807, 2.05) is 6.07 Å². The summed E-state index contributed by atoms with van der Waals surface area (Å²) in [4.78, 5) is 3.94. The second-order valence-corrected chi connectivity index (χ2v) is 3.72. The fraction of sp³-hybridized carbons (Fsp3) is 0.417. The van der Waals surface area contributed by atoms with Crippen molar-refractivity contribution in [1.82, 2.24) is 0 Å². The van der Waals surface area contributed by atoms with Gasteiger partial charge in [-0.15, -0.1) is 0 Å². The molecule has 0 bridgehead atoms. The van der Waals surface area contributed by atoms with Gasteiger partial charge in [0.15, 0.2) is 17.6 Å². The molecule has 0 aliphatic carbocycles. The molecule has 1 aromatic rings. The van der Waals surface area contributed by atoms with Gasteiger partial charge >= 0.3 is 0 Å². The Bertz CT molecular complexity index is 425. The van der Waals surface area contributed by atoms with Gasteiger partial charge in [0, 0.05) is 0 Å². The van der Waals surface area contributed by atoms with Crippen LogP contribution in [-0.2, 0) is 4.74 Å². The van der Waals surface area contributed by atoms with Gasteiger partial charge in [-0.1, -0.05) is 6.07 Å². The molecule has 1 unspecified atom stereocenters. The van der Waals surface area contributed by atoms with E-state index in [2.05, 4.69) is 4.99 Å². The molecule has 98 valence electrons. The minimum Gasteiger partial charge on any atom is -0.493 e. The molecule has 18 heavy (non-hydrogen) atoms. The van der Waals surface area contributed by atoms with Gasteiger partial charge in [-0.25, -0.2) is 4.99 Å². The molecule has 1 heterocycles. The molecule has 0 aromatic heterocycles. The van der Waals surface area contributed by atoms with Crippen molar-refractivity contribution in [3.8, 4) is 17.2 Å². The first-order valence-electron chi connectivity index (χ1n) is 5.55. The predicted octanol–water partition coefficient (Wildman–Crippen LogP) is 0.796. The third kappa shape index (κ3) is 2.58. The molecule has 6 nitrogen and oxygen atoms in total. The molecular weight excluding hydrogens is 236 g/mol. The SMILES string of the molecule is COc1cccc(OC)c1OCC1CN=C(N)O1. The Labute approximate surface area is 105 Å². The minimum atomic E-state index is -0.167. The molecule has 1 aromatic carbocycles. The van der Waals surface area contributed by atoms with Crippen molar-refractivity contribution in [2.45, 2.75) is 6.10 Å². The van der Waals surface area contributed by atoms with Crippen LogP contribution in [0.1, 0.15) is 0 Å². The molecule has 1 aliphatic heterocycles. The van der Waals surface area contributed by atoms with E-state index >= 15 is 0 Å². The van der Waals surface area contributed by atoms with Crippen LogP contribution in [0.4, 0.5) is 0 Å². The summed E-state index contributed by atoms with van der Waals surface area (Å²) in [7, 11) is 3.16. The lowest BCUT2D eigenvalue weighted by Gasteiger charge is -2.16. The quantitative estimate of drug-likeness (QED) is 0.838. The lowest BCUT2D eigenvalue weighted by molar-refractivity contribution is 0.136. The Morgan fingerprint density at radius 1 is 1.33 bits per heavy atom. The van der Waals surface area contributed by atoms with Gasteiger partial charge in [0.1, 0.15) is 6.61 Å². The molecule has 0 amide bonds. The Balaban J connectivity index is 2.04. The van der Waals surface area contributed by atoms with E-state index < -0.39 is 0 Å². The fourth-order valence-electron chi connectivity index (χ4n) is 1.66. The van der Waals surface area contributed by atoms with Crippen LogP contribution < -0.4 is 19.9 Å². The zero-order valence-corrected chi connectivity index (χ0v) is 10.4. The number of ether oxygens (including phenoxy) is 4. The van der Waals surface area contributed by atoms with Gasteiger partial charge in [-0.3, -0.25) is 0 Å². The second kappa shape index (κ2) is 5.48. The summed E-state index contributed by atoms with van der Waals surface area (Å²) >= 11 is 0. The Morgan fingerprint density at radius 2 is 2.00 bits per heavy atom. The van der Waals surface area contributed by atoms with E-state index in [-0.39, 0.29) is 12.1 Å². The zero-order chi connectivity index (χ0) is 13.0. The van der Waals surface area contributed by atoms with Crippen molar-refractivity contribution in [3.63, 3.8) is 0 Å². The highest BCUT2D eigenvalue weighted by atomic mass is 16.6. The Hall–Kier alpha value is -2.11. The van der Waals surface area contributed by atoms with Crippen molar-refractivity contribution in [2.75, 3.05) is 27.4 Å². The minimum absolute atomic E-state index is 0.167. The summed E-state index contributed by atoms with van der Waals surface area (Å²) in [5, 5.41) is 0. The van der Waals surface area contributed by atoms with Crippen LogP contribution in [0.5, 0.6) is 17.2 Å². The van der Waals surface area contributed by atoms with Crippen LogP contribution in [0.3, 0.4) is 0 Å². The van der Waals surface area contributed by atoms with Gasteiger partial charge in [0.2, 0.25) is 5.75 Å². The average molecular weight is 252 g/mol. The van der Waals surface area contributed by atoms with Gasteiger partial charge in [0.05, 0.1) is 20.8 Å². The highest BCUT2D eigenvalue weighted by Crippen LogP contribution is 2.36. The van der Waals surface area contributed by atoms with Crippen LogP contribution in [0.15, 0.2) is 23.2 Å². The first-order chi connectivity index (χ1) is 8.74. The summed E-state index contributed by atoms with van der Waals surface area (Å²) in [5.74, 6) is 1.78. The number of rotatable bonds is 5. The first kappa shape index (κ1) is 12.3. The lowest BCUT2D eigenvalue weighted by atomic mass is 10.3. The largest absolute Gasteiger partial charge is 0.493 e. The third-order valence-electron chi connectivity index (χ3n) is 2.53. The van der Waals surface area contributed by atoms with E-state index in [1.54, 1.807) is 26.4 Å². The highest BCUT2D eigenvalue weighted by Gasteiger charge is 2.20. The average Bonchev–Trinajstić information content (AvgIpc) is 2.81. The van der Waals surface area contributed by atoms with Crippen LogP contribution in [-0.4, -0.2) is 39.5 Å². The van der Waals surface area contributed by atoms with E-state index in [0.717, 1.165) is 0 Å². The van der Waals surface area contributed by atoms with Crippen molar-refractivity contribution in [2.24, 2.45) is 10.7 Å². The molecule has 0 radical (unpaired) electrons. The molecule has 6 heteroatoms. The second-order valence-electron chi connectivity index (χ2n) is 3.72. The van der Waals surface area contributed by atoms with Crippen molar-refractivity contribution >= 4 is 6.02 Å². The summed E-state index contributed by atoms with van der Waals surface area (Å²) in [6, 6.07) is 5.64. The summed E-state index contributed by atoms with van der Waals surface area (Å²) < 4.78 is 21.4. The Morgan fingerprint density at radius 3 is 2.50 bits per heavy atom. The summed E-state index contributed by atoms with van der Waals surface area (Å²) in [6.07, 6.45) is -0.167. The number of nitrogens with two attached hydrogens (primary N) is 1. The number of hydrogen-bond acceptors (Lipinski definition) is 6. The van der Waals surface area contributed by atoms with E-state index in [4.69, 9.17) is 24.7 Å². The normalized spacial score (nSPS) is 17.9. The number of nitrogens with zero attached hydrogens (tertiary/aromatic N) is 1. The topological polar surface area (TPSA) is 75.3 Å². The smallest absolute Gasteiger partial charge is 0.282 e. The molecule has 2 N–H and O–H groups in total. The highest BCUT2D eigenvalue weighted by molar-refractivity contribution is 5.73. The molecule has 2 rings (SSSR count). The molecule has 1 atom stereocenters. The maximum absolute atomic E-state index is 5.68. The van der Waals surface area contributed by atoms with Gasteiger partial charge in [-0.05, 0) is 12.1 Å². The zero-order valence-electron chi connectivity index (χ0n) is 10.4. The fourth-order valence-corrected chi connectivity index (χ4v) is 1.66. The van der Waals surface area contributed by atoms with E-state index in [9.17, 15) is 0 Å². The maximum Gasteiger partial charge on any atom is 0.282 e. The predicted molar refractivity (Wildman–Crippen MR) is 66.4 cm³/mol. The number of hydrogen-bond donors (Lipinski definition) is 1. The van der Waals surface area contributed by atoms with Crippen molar-refractivity contribution < 1.29 is 18.9 Å². The molecule has 0 fully saturated rings. The number of methoxy groups -OCH3 is 2. The van der Waals surface area contributed by atoms with E-state index in [1.165, 1.54) is 0 Å². The van der Waals surface area contributed by atoms with Crippen LogP contribution in [0.25, 0.3) is 0 Å². The summed E-state index contributed by atoms with van der Waals surface area (Å²) in [6.45, 7) is 0.838. The molecule has 0 saturated carbocycles. The number of amidine groups is 1. The van der Waals surface area contributed by atoms with Crippen molar-refractivity contribution in [3.05, 3.63) is 18.2 Å². The van der Waals surface area contributed by atoms with Crippen LogP contribution in [0, 0.1) is 0 Å².